The van der Waals surface area contributed by atoms with Crippen LogP contribution in [0.5, 0.6) is 5.75 Å². The van der Waals surface area contributed by atoms with E-state index in [4.69, 9.17) is 4.74 Å². The second-order valence-corrected chi connectivity index (χ2v) is 6.25. The summed E-state index contributed by atoms with van der Waals surface area (Å²) in [5.74, 6) is -0.576. The molecule has 4 rings (SSSR count). The fourth-order valence-corrected chi connectivity index (χ4v) is 3.27. The first-order chi connectivity index (χ1) is 12.7. The summed E-state index contributed by atoms with van der Waals surface area (Å²) in [5.41, 5.74) is 2.41. The zero-order valence-corrected chi connectivity index (χ0v) is 14.1. The van der Waals surface area contributed by atoms with Gasteiger partial charge in [0.2, 0.25) is 0 Å². The summed E-state index contributed by atoms with van der Waals surface area (Å²) < 4.78 is 5.70. The molecule has 6 heteroatoms. The second kappa shape index (κ2) is 6.92. The fourth-order valence-electron chi connectivity index (χ4n) is 3.27. The number of ether oxygens (including phenoxy) is 1. The number of hydrogen-bond donors (Lipinski definition) is 3. The number of benzene rings is 2. The van der Waals surface area contributed by atoms with E-state index in [1.807, 2.05) is 42.5 Å². The van der Waals surface area contributed by atoms with Crippen LogP contribution in [0.1, 0.15) is 24.4 Å². The van der Waals surface area contributed by atoms with Gasteiger partial charge in [0.15, 0.2) is 0 Å². The van der Waals surface area contributed by atoms with Crippen LogP contribution in [0.2, 0.25) is 0 Å². The van der Waals surface area contributed by atoms with E-state index in [1.54, 1.807) is 12.3 Å². The summed E-state index contributed by atoms with van der Waals surface area (Å²) in [6.45, 7) is 0.602. The van der Waals surface area contributed by atoms with E-state index in [-0.39, 0.29) is 6.04 Å². The van der Waals surface area contributed by atoms with Crippen LogP contribution in [0.4, 0.5) is 5.69 Å². The number of para-hydroxylation sites is 1. The Balaban J connectivity index is 1.50. The van der Waals surface area contributed by atoms with Gasteiger partial charge in [-0.25, -0.2) is 0 Å². The van der Waals surface area contributed by atoms with Crippen LogP contribution in [0.3, 0.4) is 0 Å². The van der Waals surface area contributed by atoms with E-state index in [2.05, 4.69) is 15.6 Å². The first-order valence-corrected chi connectivity index (χ1v) is 8.62. The summed E-state index contributed by atoms with van der Waals surface area (Å²) in [7, 11) is 0. The molecule has 1 aliphatic heterocycles. The molecule has 26 heavy (non-hydrogen) atoms. The van der Waals surface area contributed by atoms with Crippen LogP contribution < -0.4 is 15.4 Å². The number of amides is 2. The Morgan fingerprint density at radius 2 is 1.92 bits per heavy atom. The van der Waals surface area contributed by atoms with Crippen LogP contribution >= 0.6 is 0 Å². The zero-order valence-electron chi connectivity index (χ0n) is 14.1. The molecule has 0 saturated heterocycles. The Morgan fingerprint density at radius 1 is 1.04 bits per heavy atom. The molecule has 0 radical (unpaired) electrons. The first kappa shape index (κ1) is 16.2. The lowest BCUT2D eigenvalue weighted by atomic mass is 10.0. The van der Waals surface area contributed by atoms with Crippen molar-refractivity contribution in [2.24, 2.45) is 0 Å². The number of carbonyl (C=O) groups is 2. The number of rotatable bonds is 2. The maximum absolute atomic E-state index is 12.4. The van der Waals surface area contributed by atoms with Gasteiger partial charge >= 0.3 is 11.8 Å². The number of H-pyrrole nitrogens is 1. The summed E-state index contributed by atoms with van der Waals surface area (Å²) in [6.07, 6.45) is 3.33. The van der Waals surface area contributed by atoms with Crippen molar-refractivity contribution in [3.8, 4) is 5.75 Å². The van der Waals surface area contributed by atoms with Gasteiger partial charge in [0.1, 0.15) is 5.75 Å². The lowest BCUT2D eigenvalue weighted by Gasteiger charge is -2.18. The Bertz CT molecular complexity index is 964. The van der Waals surface area contributed by atoms with Gasteiger partial charge in [-0.15, -0.1) is 0 Å². The molecule has 0 saturated carbocycles. The van der Waals surface area contributed by atoms with E-state index < -0.39 is 11.8 Å². The average Bonchev–Trinajstić information content (AvgIpc) is 3.05. The average molecular weight is 349 g/mol. The van der Waals surface area contributed by atoms with Crippen molar-refractivity contribution in [1.82, 2.24) is 10.3 Å². The molecule has 1 aliphatic rings. The summed E-state index contributed by atoms with van der Waals surface area (Å²) in [6, 6.07) is 14.7. The molecule has 1 aromatic heterocycles. The Labute approximate surface area is 150 Å². The maximum atomic E-state index is 12.4. The van der Waals surface area contributed by atoms with Gasteiger partial charge in [0, 0.05) is 22.7 Å². The van der Waals surface area contributed by atoms with Gasteiger partial charge in [-0.05, 0) is 37.1 Å². The van der Waals surface area contributed by atoms with E-state index >= 15 is 0 Å². The van der Waals surface area contributed by atoms with Gasteiger partial charge in [0.25, 0.3) is 0 Å². The molecule has 6 nitrogen and oxygen atoms in total. The van der Waals surface area contributed by atoms with Crippen molar-refractivity contribution in [3.05, 3.63) is 60.3 Å². The van der Waals surface area contributed by atoms with Crippen molar-refractivity contribution >= 4 is 28.4 Å². The van der Waals surface area contributed by atoms with Gasteiger partial charge in [0.05, 0.1) is 18.3 Å². The fraction of sp³-hybridized carbons (Fsp3) is 0.200. The Morgan fingerprint density at radius 3 is 2.85 bits per heavy atom. The molecule has 0 spiro atoms. The zero-order chi connectivity index (χ0) is 17.9. The lowest BCUT2D eigenvalue weighted by molar-refractivity contribution is -0.136. The number of anilines is 1. The number of carbonyl (C=O) groups excluding carboxylic acids is 2. The van der Waals surface area contributed by atoms with Gasteiger partial charge in [-0.2, -0.15) is 0 Å². The van der Waals surface area contributed by atoms with E-state index in [0.717, 1.165) is 35.1 Å². The Hall–Kier alpha value is -3.28. The van der Waals surface area contributed by atoms with Crippen LogP contribution in [-0.2, 0) is 9.59 Å². The highest BCUT2D eigenvalue weighted by Gasteiger charge is 2.24. The highest BCUT2D eigenvalue weighted by atomic mass is 16.5. The predicted octanol–water partition coefficient (Wildman–Crippen LogP) is 3.14. The number of hydrogen-bond acceptors (Lipinski definition) is 3. The predicted molar refractivity (Wildman–Crippen MR) is 99.0 cm³/mol. The van der Waals surface area contributed by atoms with Crippen molar-refractivity contribution in [2.45, 2.75) is 18.9 Å². The van der Waals surface area contributed by atoms with Gasteiger partial charge in [-0.1, -0.05) is 24.3 Å². The minimum absolute atomic E-state index is 0.241. The molecule has 1 atom stereocenters. The van der Waals surface area contributed by atoms with Crippen LogP contribution in [-0.4, -0.2) is 23.4 Å². The molecule has 132 valence electrons. The van der Waals surface area contributed by atoms with Crippen molar-refractivity contribution in [3.63, 3.8) is 0 Å². The van der Waals surface area contributed by atoms with Crippen LogP contribution in [0.25, 0.3) is 10.9 Å². The third-order valence-electron chi connectivity index (χ3n) is 4.54. The molecule has 2 aromatic carbocycles. The molecule has 2 amide bonds. The number of aromatic nitrogens is 1. The first-order valence-electron chi connectivity index (χ1n) is 8.62. The lowest BCUT2D eigenvalue weighted by Crippen LogP contribution is -2.37. The highest BCUT2D eigenvalue weighted by molar-refractivity contribution is 6.40. The molecule has 3 N–H and O–H groups in total. The van der Waals surface area contributed by atoms with Crippen molar-refractivity contribution < 1.29 is 14.3 Å². The molecule has 0 fully saturated rings. The number of fused-ring (bicyclic) bond motifs is 2. The molecule has 0 bridgehead atoms. The van der Waals surface area contributed by atoms with E-state index in [9.17, 15) is 9.59 Å². The highest BCUT2D eigenvalue weighted by Crippen LogP contribution is 2.31. The van der Waals surface area contributed by atoms with Crippen molar-refractivity contribution in [2.75, 3.05) is 11.9 Å². The topological polar surface area (TPSA) is 83.2 Å². The molecule has 0 unspecified atom stereocenters. The quantitative estimate of drug-likeness (QED) is 0.622. The monoisotopic (exact) mass is 349 g/mol. The summed E-state index contributed by atoms with van der Waals surface area (Å²) in [5, 5.41) is 6.40. The Kier molecular flexibility index (Phi) is 4.31. The van der Waals surface area contributed by atoms with E-state index in [0.29, 0.717) is 12.3 Å². The van der Waals surface area contributed by atoms with Crippen LogP contribution in [0, 0.1) is 0 Å². The standard InChI is InChI=1S/C20H19N3O3/c24-19(22-16-7-3-6-15-13(16)10-11-21-15)20(25)23-17-8-4-12-26-18-9-2-1-5-14(17)18/h1-3,5-7,9-11,17,21H,4,8,12H2,(H,22,24)(H,23,25)/t17-/m1/s1. The number of nitrogens with one attached hydrogen (secondary N) is 3. The maximum Gasteiger partial charge on any atom is 0.313 e. The summed E-state index contributed by atoms with van der Waals surface area (Å²) in [4.78, 5) is 27.9. The minimum atomic E-state index is -0.679. The normalized spacial score (nSPS) is 16.2. The summed E-state index contributed by atoms with van der Waals surface area (Å²) >= 11 is 0. The van der Waals surface area contributed by atoms with Gasteiger partial charge < -0.3 is 20.4 Å². The van der Waals surface area contributed by atoms with Crippen molar-refractivity contribution in [1.29, 1.82) is 0 Å². The molecule has 3 aromatic rings. The van der Waals surface area contributed by atoms with Gasteiger partial charge in [-0.3, -0.25) is 9.59 Å². The molecular formula is C20H19N3O3. The second-order valence-electron chi connectivity index (χ2n) is 6.25. The molecule has 2 heterocycles. The third kappa shape index (κ3) is 3.13. The SMILES string of the molecule is O=C(Nc1cccc2[nH]ccc12)C(=O)N[C@@H]1CCCOc2ccccc21. The van der Waals surface area contributed by atoms with Crippen LogP contribution in [0.15, 0.2) is 54.7 Å². The molecular weight excluding hydrogens is 330 g/mol. The smallest absolute Gasteiger partial charge is 0.313 e. The minimum Gasteiger partial charge on any atom is -0.493 e. The number of aromatic amines is 1. The largest absolute Gasteiger partial charge is 0.493 e. The molecule has 0 aliphatic carbocycles. The van der Waals surface area contributed by atoms with E-state index in [1.165, 1.54) is 0 Å². The third-order valence-corrected chi connectivity index (χ3v) is 4.54.